The normalized spacial score (nSPS) is 11.3. The Morgan fingerprint density at radius 1 is 1.06 bits per heavy atom. The molecule has 0 bridgehead atoms. The minimum absolute atomic E-state index is 0.259. The lowest BCUT2D eigenvalue weighted by Gasteiger charge is -2.13. The van der Waals surface area contributed by atoms with Crippen molar-refractivity contribution in [3.8, 4) is 5.75 Å². The highest BCUT2D eigenvalue weighted by atomic mass is 16.5. The molecule has 0 fully saturated rings. The number of rotatable bonds is 10. The lowest BCUT2D eigenvalue weighted by atomic mass is 10.0. The molecule has 6 nitrogen and oxygen atoms in total. The molecule has 0 amide bonds. The molecular formula is C25H33NO5. The lowest BCUT2D eigenvalue weighted by molar-refractivity contribution is -0.139. The van der Waals surface area contributed by atoms with Crippen LogP contribution in [-0.4, -0.2) is 30.8 Å². The number of hydrogen-bond acceptors (Lipinski definition) is 5. The maximum Gasteiger partial charge on any atom is 0.335 e. The number of esters is 1. The molecule has 6 heteroatoms. The summed E-state index contributed by atoms with van der Waals surface area (Å²) in [5.41, 5.74) is 7.12. The maximum atomic E-state index is 11.7. The Kier molecular flexibility index (Phi) is 12.2. The van der Waals surface area contributed by atoms with E-state index >= 15 is 0 Å². The lowest BCUT2D eigenvalue weighted by Crippen LogP contribution is -2.12. The number of nitrogens with two attached hydrogens (primary N) is 1. The van der Waals surface area contributed by atoms with E-state index in [1.807, 2.05) is 24.3 Å². The number of carboxylic acid groups (broad SMARTS) is 1. The van der Waals surface area contributed by atoms with Gasteiger partial charge in [-0.15, -0.1) is 0 Å². The third-order valence-corrected chi connectivity index (χ3v) is 4.69. The molecule has 2 aromatic rings. The summed E-state index contributed by atoms with van der Waals surface area (Å²) >= 11 is 0. The number of ether oxygens (including phenoxy) is 2. The summed E-state index contributed by atoms with van der Waals surface area (Å²) in [6.45, 7) is 4.83. The standard InChI is InChI=1S/C18H26O3.C7H7NO2/c1-4-6-7-15(5-2)14-21-18(19)13-10-16-8-11-17(20-3)12-9-16;8-6-3-1-5(2-4-6)7(9)10/h8-13,15H,4-7,14H2,1-3H3;1-4H,8H2,(H,9,10)/b13-10+;. The third-order valence-electron chi connectivity index (χ3n) is 4.69. The van der Waals surface area contributed by atoms with Crippen LogP contribution in [0.25, 0.3) is 6.08 Å². The number of methoxy groups -OCH3 is 1. The zero-order chi connectivity index (χ0) is 23.1. The first-order valence-corrected chi connectivity index (χ1v) is 10.5. The highest BCUT2D eigenvalue weighted by molar-refractivity contribution is 5.88. The molecule has 1 unspecified atom stereocenters. The molecular weight excluding hydrogens is 394 g/mol. The van der Waals surface area contributed by atoms with Crippen molar-refractivity contribution in [1.82, 2.24) is 0 Å². The van der Waals surface area contributed by atoms with E-state index in [0.29, 0.717) is 18.2 Å². The van der Waals surface area contributed by atoms with Crippen LogP contribution in [0, 0.1) is 5.92 Å². The van der Waals surface area contributed by atoms with Crippen LogP contribution in [0.3, 0.4) is 0 Å². The second-order valence-corrected chi connectivity index (χ2v) is 7.08. The van der Waals surface area contributed by atoms with Gasteiger partial charge in [-0.05, 0) is 60.4 Å². The van der Waals surface area contributed by atoms with Gasteiger partial charge in [0.2, 0.25) is 0 Å². The number of carboxylic acids is 1. The highest BCUT2D eigenvalue weighted by Crippen LogP contribution is 2.14. The fraction of sp³-hybridized carbons (Fsp3) is 0.360. The SMILES string of the molecule is CCCCC(CC)COC(=O)/C=C/c1ccc(OC)cc1.Nc1ccc(C(=O)O)cc1. The van der Waals surface area contributed by atoms with E-state index in [1.165, 1.54) is 31.1 Å². The monoisotopic (exact) mass is 427 g/mol. The molecule has 0 saturated heterocycles. The van der Waals surface area contributed by atoms with Crippen LogP contribution in [-0.2, 0) is 9.53 Å². The van der Waals surface area contributed by atoms with Gasteiger partial charge in [-0.1, -0.05) is 45.2 Å². The second-order valence-electron chi connectivity index (χ2n) is 7.08. The van der Waals surface area contributed by atoms with Crippen LogP contribution in [0.2, 0.25) is 0 Å². The van der Waals surface area contributed by atoms with Crippen molar-refractivity contribution in [2.45, 2.75) is 39.5 Å². The Labute approximate surface area is 184 Å². The number of aromatic carboxylic acids is 1. The van der Waals surface area contributed by atoms with Gasteiger partial charge in [0.15, 0.2) is 0 Å². The van der Waals surface area contributed by atoms with E-state index in [9.17, 15) is 9.59 Å². The van der Waals surface area contributed by atoms with E-state index < -0.39 is 5.97 Å². The largest absolute Gasteiger partial charge is 0.497 e. The maximum absolute atomic E-state index is 11.7. The Balaban J connectivity index is 0.000000399. The van der Waals surface area contributed by atoms with E-state index in [2.05, 4.69) is 13.8 Å². The first-order chi connectivity index (χ1) is 14.9. The van der Waals surface area contributed by atoms with Gasteiger partial charge in [0.1, 0.15) is 5.75 Å². The summed E-state index contributed by atoms with van der Waals surface area (Å²) in [5.74, 6) is 0.0699. The number of hydrogen-bond donors (Lipinski definition) is 2. The molecule has 0 heterocycles. The number of benzene rings is 2. The Bertz CT molecular complexity index is 813. The fourth-order valence-electron chi connectivity index (χ4n) is 2.65. The molecule has 0 spiro atoms. The summed E-state index contributed by atoms with van der Waals surface area (Å²) in [6, 6.07) is 13.6. The van der Waals surface area contributed by atoms with Crippen LogP contribution in [0.5, 0.6) is 5.75 Å². The first-order valence-electron chi connectivity index (χ1n) is 10.5. The molecule has 1 atom stereocenters. The number of carbonyl (C=O) groups is 2. The quantitative estimate of drug-likeness (QED) is 0.298. The zero-order valence-corrected chi connectivity index (χ0v) is 18.5. The van der Waals surface area contributed by atoms with Gasteiger partial charge in [0.25, 0.3) is 0 Å². The van der Waals surface area contributed by atoms with Crippen molar-refractivity contribution >= 4 is 23.7 Å². The van der Waals surface area contributed by atoms with Gasteiger partial charge < -0.3 is 20.3 Å². The van der Waals surface area contributed by atoms with Crippen molar-refractivity contribution in [1.29, 1.82) is 0 Å². The molecule has 0 aromatic heterocycles. The van der Waals surface area contributed by atoms with Crippen molar-refractivity contribution in [2.24, 2.45) is 5.92 Å². The van der Waals surface area contributed by atoms with Crippen LogP contribution in [0.15, 0.2) is 54.6 Å². The van der Waals surface area contributed by atoms with Crippen molar-refractivity contribution in [2.75, 3.05) is 19.5 Å². The topological polar surface area (TPSA) is 98.9 Å². The summed E-state index contributed by atoms with van der Waals surface area (Å²) in [4.78, 5) is 22.0. The average Bonchev–Trinajstić information content (AvgIpc) is 2.79. The van der Waals surface area contributed by atoms with E-state index in [1.54, 1.807) is 25.3 Å². The average molecular weight is 428 g/mol. The Morgan fingerprint density at radius 2 is 1.71 bits per heavy atom. The molecule has 0 aliphatic heterocycles. The predicted molar refractivity (Wildman–Crippen MR) is 124 cm³/mol. The Morgan fingerprint density at radius 3 is 2.23 bits per heavy atom. The summed E-state index contributed by atoms with van der Waals surface area (Å²) in [5, 5.41) is 8.43. The molecule has 2 aromatic carbocycles. The zero-order valence-electron chi connectivity index (χ0n) is 18.5. The molecule has 3 N–H and O–H groups in total. The van der Waals surface area contributed by atoms with Gasteiger partial charge in [0, 0.05) is 11.8 Å². The van der Waals surface area contributed by atoms with Crippen molar-refractivity contribution in [3.05, 3.63) is 65.7 Å². The summed E-state index contributed by atoms with van der Waals surface area (Å²) < 4.78 is 10.4. The molecule has 168 valence electrons. The highest BCUT2D eigenvalue weighted by Gasteiger charge is 2.08. The first kappa shape index (κ1) is 25.8. The van der Waals surface area contributed by atoms with Crippen molar-refractivity contribution in [3.63, 3.8) is 0 Å². The van der Waals surface area contributed by atoms with Crippen LogP contribution < -0.4 is 10.5 Å². The number of nitrogen functional groups attached to an aromatic ring is 1. The minimum Gasteiger partial charge on any atom is -0.497 e. The Hall–Kier alpha value is -3.28. The molecule has 0 aliphatic carbocycles. The molecule has 0 aliphatic rings. The molecule has 2 rings (SSSR count). The molecule has 0 radical (unpaired) electrons. The van der Waals surface area contributed by atoms with Gasteiger partial charge in [-0.3, -0.25) is 0 Å². The molecule has 31 heavy (non-hydrogen) atoms. The smallest absolute Gasteiger partial charge is 0.335 e. The van der Waals surface area contributed by atoms with Crippen LogP contribution in [0.1, 0.15) is 55.5 Å². The fourth-order valence-corrected chi connectivity index (χ4v) is 2.65. The van der Waals surface area contributed by atoms with Crippen LogP contribution in [0.4, 0.5) is 5.69 Å². The van der Waals surface area contributed by atoms with E-state index in [4.69, 9.17) is 20.3 Å². The van der Waals surface area contributed by atoms with Gasteiger partial charge in [-0.25, -0.2) is 9.59 Å². The van der Waals surface area contributed by atoms with Gasteiger partial charge in [-0.2, -0.15) is 0 Å². The number of carbonyl (C=O) groups excluding carboxylic acids is 1. The predicted octanol–water partition coefficient (Wildman–Crippen LogP) is 5.44. The van der Waals surface area contributed by atoms with Crippen molar-refractivity contribution < 1.29 is 24.2 Å². The van der Waals surface area contributed by atoms with Gasteiger partial charge >= 0.3 is 11.9 Å². The van der Waals surface area contributed by atoms with Gasteiger partial charge in [0.05, 0.1) is 19.3 Å². The second kappa shape index (κ2) is 14.7. The van der Waals surface area contributed by atoms with E-state index in [0.717, 1.165) is 24.2 Å². The third kappa shape index (κ3) is 10.9. The number of anilines is 1. The molecule has 0 saturated carbocycles. The summed E-state index contributed by atoms with van der Waals surface area (Å²) in [7, 11) is 1.63. The minimum atomic E-state index is -0.931. The van der Waals surface area contributed by atoms with Crippen LogP contribution >= 0.6 is 0 Å². The van der Waals surface area contributed by atoms with E-state index in [-0.39, 0.29) is 11.5 Å². The summed E-state index contributed by atoms with van der Waals surface area (Å²) in [6.07, 6.45) is 7.79. The number of unbranched alkanes of at least 4 members (excludes halogenated alkanes) is 1.